The number of hydrogen-bond donors (Lipinski definition) is 0. The van der Waals surface area contributed by atoms with Crippen molar-refractivity contribution in [2.75, 3.05) is 7.05 Å². The van der Waals surface area contributed by atoms with E-state index in [4.69, 9.17) is 20.9 Å². The number of aryl methyl sites for hydroxylation is 1. The molecule has 29 heavy (non-hydrogen) atoms. The predicted octanol–water partition coefficient (Wildman–Crippen LogP) is 4.82. The number of aromatic nitrogens is 2. The lowest BCUT2D eigenvalue weighted by molar-refractivity contribution is -0.138. The SMILES string of the molecule is CC[C@@H](Oc1cccc(C)c1C)C(=O)N(C)Cc1nc(-c2ccc(Cl)cc2)no1. The molecule has 1 aromatic heterocycles. The first-order valence-electron chi connectivity index (χ1n) is 9.45. The first-order chi connectivity index (χ1) is 13.9. The van der Waals surface area contributed by atoms with Crippen molar-refractivity contribution < 1.29 is 14.1 Å². The van der Waals surface area contributed by atoms with Gasteiger partial charge in [0.05, 0.1) is 6.54 Å². The van der Waals surface area contributed by atoms with Gasteiger partial charge in [-0.1, -0.05) is 35.8 Å². The molecule has 0 aliphatic rings. The molecule has 0 bridgehead atoms. The fourth-order valence-electron chi connectivity index (χ4n) is 2.88. The number of carbonyl (C=O) groups is 1. The largest absolute Gasteiger partial charge is 0.480 e. The summed E-state index contributed by atoms with van der Waals surface area (Å²) in [6.07, 6.45) is -0.0321. The van der Waals surface area contributed by atoms with E-state index in [1.54, 1.807) is 24.1 Å². The monoisotopic (exact) mass is 413 g/mol. The Morgan fingerprint density at radius 3 is 2.62 bits per heavy atom. The van der Waals surface area contributed by atoms with Crippen molar-refractivity contribution >= 4 is 17.5 Å². The topological polar surface area (TPSA) is 68.5 Å². The fourth-order valence-corrected chi connectivity index (χ4v) is 3.00. The van der Waals surface area contributed by atoms with Crippen molar-refractivity contribution in [1.82, 2.24) is 15.0 Å². The molecule has 1 heterocycles. The molecule has 0 aliphatic heterocycles. The number of carbonyl (C=O) groups excluding carboxylic acids is 1. The van der Waals surface area contributed by atoms with Crippen LogP contribution >= 0.6 is 11.6 Å². The van der Waals surface area contributed by atoms with Gasteiger partial charge in [-0.15, -0.1) is 0 Å². The Balaban J connectivity index is 1.67. The zero-order chi connectivity index (χ0) is 21.0. The minimum absolute atomic E-state index is 0.139. The maximum atomic E-state index is 12.9. The molecule has 2 aromatic carbocycles. The Hall–Kier alpha value is -2.86. The Labute approximate surface area is 175 Å². The number of likely N-dealkylation sites (N-methyl/N-ethyl adjacent to an activating group) is 1. The molecule has 0 unspecified atom stereocenters. The van der Waals surface area contributed by atoms with Gasteiger partial charge >= 0.3 is 0 Å². The van der Waals surface area contributed by atoms with E-state index >= 15 is 0 Å². The van der Waals surface area contributed by atoms with Crippen molar-refractivity contribution in [2.45, 2.75) is 39.8 Å². The summed E-state index contributed by atoms with van der Waals surface area (Å²) >= 11 is 5.91. The van der Waals surface area contributed by atoms with E-state index in [9.17, 15) is 4.79 Å². The van der Waals surface area contributed by atoms with Crippen molar-refractivity contribution in [2.24, 2.45) is 0 Å². The molecule has 0 N–H and O–H groups in total. The summed E-state index contributed by atoms with van der Waals surface area (Å²) in [5, 5.41) is 4.62. The van der Waals surface area contributed by atoms with E-state index in [0.29, 0.717) is 23.2 Å². The molecule has 3 aromatic rings. The molecule has 1 amide bonds. The quantitative estimate of drug-likeness (QED) is 0.555. The lowest BCUT2D eigenvalue weighted by Crippen LogP contribution is -2.39. The smallest absolute Gasteiger partial charge is 0.263 e. The third-order valence-electron chi connectivity index (χ3n) is 4.79. The molecule has 0 saturated heterocycles. The van der Waals surface area contributed by atoms with E-state index in [0.717, 1.165) is 22.4 Å². The summed E-state index contributed by atoms with van der Waals surface area (Å²) in [6.45, 7) is 6.13. The highest BCUT2D eigenvalue weighted by molar-refractivity contribution is 6.30. The van der Waals surface area contributed by atoms with Gasteiger partial charge in [0.1, 0.15) is 5.75 Å². The molecule has 1 atom stereocenters. The van der Waals surface area contributed by atoms with E-state index in [1.165, 1.54) is 0 Å². The number of hydrogen-bond acceptors (Lipinski definition) is 5. The fraction of sp³-hybridized carbons (Fsp3) is 0.318. The Kier molecular flexibility index (Phi) is 6.54. The van der Waals surface area contributed by atoms with Gasteiger partial charge in [0.15, 0.2) is 6.10 Å². The Bertz CT molecular complexity index is 985. The van der Waals surface area contributed by atoms with Crippen LogP contribution < -0.4 is 4.74 Å². The van der Waals surface area contributed by atoms with Gasteiger partial charge < -0.3 is 14.2 Å². The third-order valence-corrected chi connectivity index (χ3v) is 5.04. The van der Waals surface area contributed by atoms with Crippen LogP contribution in [0.1, 0.15) is 30.4 Å². The summed E-state index contributed by atoms with van der Waals surface area (Å²) < 4.78 is 11.3. The molecule has 7 heteroatoms. The van der Waals surface area contributed by atoms with E-state index in [1.807, 2.05) is 51.1 Å². The summed E-state index contributed by atoms with van der Waals surface area (Å²) in [5.74, 6) is 1.39. The average molecular weight is 414 g/mol. The molecular weight excluding hydrogens is 390 g/mol. The summed E-state index contributed by atoms with van der Waals surface area (Å²) in [4.78, 5) is 18.8. The van der Waals surface area contributed by atoms with Gasteiger partial charge in [-0.05, 0) is 61.7 Å². The van der Waals surface area contributed by atoms with Gasteiger partial charge in [-0.2, -0.15) is 4.98 Å². The van der Waals surface area contributed by atoms with Crippen LogP contribution in [0.25, 0.3) is 11.4 Å². The van der Waals surface area contributed by atoms with Gasteiger partial charge in [-0.25, -0.2) is 0 Å². The molecular formula is C22H24ClN3O3. The van der Waals surface area contributed by atoms with Crippen LogP contribution in [0.3, 0.4) is 0 Å². The molecule has 152 valence electrons. The highest BCUT2D eigenvalue weighted by Crippen LogP contribution is 2.23. The zero-order valence-corrected chi connectivity index (χ0v) is 17.7. The normalized spacial score (nSPS) is 11.9. The van der Waals surface area contributed by atoms with Crippen LogP contribution in [0.2, 0.25) is 5.02 Å². The second-order valence-corrected chi connectivity index (χ2v) is 7.36. The number of amides is 1. The van der Waals surface area contributed by atoms with Crippen LogP contribution in [0.15, 0.2) is 47.0 Å². The minimum atomic E-state index is -0.584. The van der Waals surface area contributed by atoms with Crippen molar-refractivity contribution in [1.29, 1.82) is 0 Å². The van der Waals surface area contributed by atoms with Crippen molar-refractivity contribution in [3.63, 3.8) is 0 Å². The van der Waals surface area contributed by atoms with Crippen LogP contribution in [0, 0.1) is 13.8 Å². The van der Waals surface area contributed by atoms with Crippen molar-refractivity contribution in [3.8, 4) is 17.1 Å². The predicted molar refractivity (Wildman–Crippen MR) is 112 cm³/mol. The van der Waals surface area contributed by atoms with E-state index < -0.39 is 6.10 Å². The summed E-state index contributed by atoms with van der Waals surface area (Å²) in [6, 6.07) is 13.0. The Morgan fingerprint density at radius 2 is 1.93 bits per heavy atom. The first-order valence-corrected chi connectivity index (χ1v) is 9.83. The third kappa shape index (κ3) is 4.95. The van der Waals surface area contributed by atoms with Crippen LogP contribution in [0.4, 0.5) is 0 Å². The molecule has 6 nitrogen and oxygen atoms in total. The van der Waals surface area contributed by atoms with E-state index in [2.05, 4.69) is 10.1 Å². The van der Waals surface area contributed by atoms with Crippen LogP contribution in [0.5, 0.6) is 5.75 Å². The molecule has 0 fully saturated rings. The lowest BCUT2D eigenvalue weighted by Gasteiger charge is -2.23. The summed E-state index contributed by atoms with van der Waals surface area (Å²) in [7, 11) is 1.70. The summed E-state index contributed by atoms with van der Waals surface area (Å²) in [5.41, 5.74) is 2.95. The average Bonchev–Trinajstić information content (AvgIpc) is 3.17. The maximum absolute atomic E-state index is 12.9. The highest BCUT2D eigenvalue weighted by Gasteiger charge is 2.24. The number of rotatable bonds is 7. The standard InChI is InChI=1S/C22H24ClN3O3/c1-5-18(28-19-8-6-7-14(2)15(19)3)22(27)26(4)13-20-24-21(25-29-20)16-9-11-17(23)12-10-16/h6-12,18H,5,13H2,1-4H3/t18-/m1/s1. The second-order valence-electron chi connectivity index (χ2n) is 6.93. The number of ether oxygens (including phenoxy) is 1. The minimum Gasteiger partial charge on any atom is -0.480 e. The molecule has 3 rings (SSSR count). The molecule has 0 spiro atoms. The maximum Gasteiger partial charge on any atom is 0.263 e. The number of halogens is 1. The highest BCUT2D eigenvalue weighted by atomic mass is 35.5. The molecule has 0 aliphatic carbocycles. The van der Waals surface area contributed by atoms with E-state index in [-0.39, 0.29) is 12.5 Å². The first kappa shape index (κ1) is 20.9. The molecule has 0 saturated carbocycles. The van der Waals surface area contributed by atoms with Crippen LogP contribution in [-0.4, -0.2) is 34.1 Å². The van der Waals surface area contributed by atoms with Gasteiger partial charge in [0.2, 0.25) is 11.7 Å². The van der Waals surface area contributed by atoms with Crippen LogP contribution in [-0.2, 0) is 11.3 Å². The Morgan fingerprint density at radius 1 is 1.21 bits per heavy atom. The zero-order valence-electron chi connectivity index (χ0n) is 17.0. The molecule has 0 radical (unpaired) electrons. The van der Waals surface area contributed by atoms with Gasteiger partial charge in [0, 0.05) is 17.6 Å². The van der Waals surface area contributed by atoms with Gasteiger partial charge in [-0.3, -0.25) is 4.79 Å². The number of benzene rings is 2. The van der Waals surface area contributed by atoms with Crippen molar-refractivity contribution in [3.05, 3.63) is 64.5 Å². The second kappa shape index (κ2) is 9.09. The lowest BCUT2D eigenvalue weighted by atomic mass is 10.1. The van der Waals surface area contributed by atoms with Gasteiger partial charge in [0.25, 0.3) is 5.91 Å². The number of nitrogens with zero attached hydrogens (tertiary/aromatic N) is 3.